The summed E-state index contributed by atoms with van der Waals surface area (Å²) in [4.78, 5) is 24.3. The minimum atomic E-state index is -4.58. The highest BCUT2D eigenvalue weighted by Crippen LogP contribution is 2.16. The number of carbonyl (C=O) groups is 2. The number of halogens is 3. The summed E-state index contributed by atoms with van der Waals surface area (Å²) >= 11 is 0. The van der Waals surface area contributed by atoms with Gasteiger partial charge in [-0.2, -0.15) is 13.2 Å². The lowest BCUT2D eigenvalue weighted by Crippen LogP contribution is -2.37. The van der Waals surface area contributed by atoms with Gasteiger partial charge in [-0.15, -0.1) is 0 Å². The van der Waals surface area contributed by atoms with Crippen molar-refractivity contribution in [3.63, 3.8) is 0 Å². The standard InChI is InChI=1S/C21H30F3NO6/c1-3-5-6-11-25(20(28)31-15-21(22,23)24)12-13-30-17-9-7-16(8-10-17)14-18(19(26)27)29-4-2/h7-10,18H,3-6,11-15H2,1-2H3,(H,26,27). The fourth-order valence-corrected chi connectivity index (χ4v) is 2.71. The fraction of sp³-hybridized carbons (Fsp3) is 0.619. The van der Waals surface area contributed by atoms with Gasteiger partial charge in [0.1, 0.15) is 12.4 Å². The molecule has 176 valence electrons. The van der Waals surface area contributed by atoms with Gasteiger partial charge in [-0.3, -0.25) is 0 Å². The van der Waals surface area contributed by atoms with Crippen LogP contribution in [0.5, 0.6) is 5.75 Å². The largest absolute Gasteiger partial charge is 0.492 e. The summed E-state index contributed by atoms with van der Waals surface area (Å²) in [6.45, 7) is 2.79. The highest BCUT2D eigenvalue weighted by atomic mass is 19.4. The summed E-state index contributed by atoms with van der Waals surface area (Å²) in [5, 5.41) is 9.14. The molecule has 1 aromatic carbocycles. The van der Waals surface area contributed by atoms with Crippen LogP contribution in [0.15, 0.2) is 24.3 Å². The molecule has 0 aliphatic rings. The van der Waals surface area contributed by atoms with Crippen molar-refractivity contribution < 1.29 is 42.1 Å². The van der Waals surface area contributed by atoms with E-state index < -0.39 is 30.9 Å². The Morgan fingerprint density at radius 3 is 2.32 bits per heavy atom. The first-order chi connectivity index (χ1) is 14.7. The van der Waals surface area contributed by atoms with Crippen molar-refractivity contribution >= 4 is 12.1 Å². The number of hydrogen-bond acceptors (Lipinski definition) is 5. The van der Waals surface area contributed by atoms with Crippen molar-refractivity contribution in [2.24, 2.45) is 0 Å². The molecule has 0 aliphatic heterocycles. The van der Waals surface area contributed by atoms with Gasteiger partial charge in [0.05, 0.1) is 6.54 Å². The molecule has 7 nitrogen and oxygen atoms in total. The summed E-state index contributed by atoms with van der Waals surface area (Å²) in [6, 6.07) is 6.73. The Kier molecular flexibility index (Phi) is 11.8. The van der Waals surface area contributed by atoms with E-state index >= 15 is 0 Å². The SMILES string of the molecule is CCCCCN(CCOc1ccc(CC(OCC)C(=O)O)cc1)C(=O)OCC(F)(F)F. The van der Waals surface area contributed by atoms with Crippen molar-refractivity contribution in [3.05, 3.63) is 29.8 Å². The highest BCUT2D eigenvalue weighted by molar-refractivity contribution is 5.72. The number of aliphatic carboxylic acids is 1. The second-order valence-electron chi connectivity index (χ2n) is 6.84. The number of carbonyl (C=O) groups excluding carboxylic acids is 1. The molecule has 1 aromatic rings. The van der Waals surface area contributed by atoms with Crippen LogP contribution in [0, 0.1) is 0 Å². The first kappa shape index (κ1) is 26.5. The van der Waals surface area contributed by atoms with Gasteiger partial charge in [0.15, 0.2) is 12.7 Å². The number of amides is 1. The molecule has 0 bridgehead atoms. The van der Waals surface area contributed by atoms with Crippen LogP contribution >= 0.6 is 0 Å². The molecule has 1 rings (SSSR count). The highest BCUT2D eigenvalue weighted by Gasteiger charge is 2.30. The zero-order chi connectivity index (χ0) is 23.3. The number of rotatable bonds is 14. The maximum Gasteiger partial charge on any atom is 0.422 e. The number of carboxylic acid groups (broad SMARTS) is 1. The van der Waals surface area contributed by atoms with Crippen molar-refractivity contribution in [3.8, 4) is 5.75 Å². The van der Waals surface area contributed by atoms with Crippen LogP contribution in [0.4, 0.5) is 18.0 Å². The molecule has 0 aromatic heterocycles. The van der Waals surface area contributed by atoms with Crippen molar-refractivity contribution in [1.29, 1.82) is 0 Å². The molecule has 1 amide bonds. The van der Waals surface area contributed by atoms with E-state index in [2.05, 4.69) is 4.74 Å². The Bertz CT molecular complexity index is 666. The van der Waals surface area contributed by atoms with E-state index in [0.29, 0.717) is 18.8 Å². The Labute approximate surface area is 180 Å². The molecule has 0 aliphatic carbocycles. The fourth-order valence-electron chi connectivity index (χ4n) is 2.71. The molecule has 1 atom stereocenters. The van der Waals surface area contributed by atoms with E-state index in [1.807, 2.05) is 6.92 Å². The van der Waals surface area contributed by atoms with Gasteiger partial charge in [-0.25, -0.2) is 9.59 Å². The smallest absolute Gasteiger partial charge is 0.422 e. The van der Waals surface area contributed by atoms with E-state index in [4.69, 9.17) is 14.6 Å². The Morgan fingerprint density at radius 1 is 1.10 bits per heavy atom. The first-order valence-corrected chi connectivity index (χ1v) is 10.2. The average Bonchev–Trinajstić information content (AvgIpc) is 2.71. The number of hydrogen-bond donors (Lipinski definition) is 1. The molecule has 0 fully saturated rings. The second-order valence-corrected chi connectivity index (χ2v) is 6.84. The Morgan fingerprint density at radius 2 is 1.77 bits per heavy atom. The zero-order valence-electron chi connectivity index (χ0n) is 17.8. The van der Waals surface area contributed by atoms with Gasteiger partial charge in [0.2, 0.25) is 0 Å². The lowest BCUT2D eigenvalue weighted by molar-refractivity contribution is -0.162. The third kappa shape index (κ3) is 11.5. The van der Waals surface area contributed by atoms with Crippen LogP contribution in [0.25, 0.3) is 0 Å². The Hall–Kier alpha value is -2.49. The number of benzene rings is 1. The van der Waals surface area contributed by atoms with Crippen LogP contribution in [0.3, 0.4) is 0 Å². The van der Waals surface area contributed by atoms with E-state index in [1.54, 1.807) is 31.2 Å². The minimum absolute atomic E-state index is 0.0727. The zero-order valence-corrected chi connectivity index (χ0v) is 17.8. The second kappa shape index (κ2) is 13.7. The molecule has 31 heavy (non-hydrogen) atoms. The molecular weight excluding hydrogens is 419 g/mol. The van der Waals surface area contributed by atoms with E-state index in [9.17, 15) is 22.8 Å². The minimum Gasteiger partial charge on any atom is -0.492 e. The predicted molar refractivity (Wildman–Crippen MR) is 107 cm³/mol. The maximum absolute atomic E-state index is 12.3. The molecule has 10 heteroatoms. The summed E-state index contributed by atoms with van der Waals surface area (Å²) in [5.74, 6) is -0.549. The van der Waals surface area contributed by atoms with Crippen molar-refractivity contribution in [2.45, 2.75) is 51.8 Å². The van der Waals surface area contributed by atoms with Gasteiger partial charge in [-0.1, -0.05) is 31.9 Å². The summed E-state index contributed by atoms with van der Waals surface area (Å²) in [5.41, 5.74) is 0.755. The van der Waals surface area contributed by atoms with Gasteiger partial charge < -0.3 is 24.2 Å². The normalized spacial score (nSPS) is 12.3. The number of ether oxygens (including phenoxy) is 3. The summed E-state index contributed by atoms with van der Waals surface area (Å²) in [7, 11) is 0. The van der Waals surface area contributed by atoms with Gasteiger partial charge in [0, 0.05) is 19.6 Å². The van der Waals surface area contributed by atoms with Crippen LogP contribution in [0.1, 0.15) is 38.7 Å². The average molecular weight is 449 g/mol. The number of unbranched alkanes of at least 4 members (excludes halogenated alkanes) is 2. The molecule has 1 N–H and O–H groups in total. The number of nitrogens with zero attached hydrogens (tertiary/aromatic N) is 1. The van der Waals surface area contributed by atoms with Crippen LogP contribution in [-0.2, 0) is 20.7 Å². The molecule has 0 saturated carbocycles. The van der Waals surface area contributed by atoms with Gasteiger partial charge in [0.25, 0.3) is 0 Å². The predicted octanol–water partition coefficient (Wildman–Crippen LogP) is 4.29. The summed E-state index contributed by atoms with van der Waals surface area (Å²) in [6.07, 6.45) is -3.94. The number of alkyl halides is 3. The third-order valence-corrected chi connectivity index (χ3v) is 4.27. The van der Waals surface area contributed by atoms with E-state index in [0.717, 1.165) is 18.4 Å². The first-order valence-electron chi connectivity index (χ1n) is 10.2. The van der Waals surface area contributed by atoms with Gasteiger partial charge >= 0.3 is 18.2 Å². The quantitative estimate of drug-likeness (QED) is 0.427. The molecule has 0 spiro atoms. The van der Waals surface area contributed by atoms with Crippen molar-refractivity contribution in [1.82, 2.24) is 4.90 Å². The van der Waals surface area contributed by atoms with E-state index in [1.165, 1.54) is 4.90 Å². The van der Waals surface area contributed by atoms with Crippen LogP contribution < -0.4 is 4.74 Å². The lowest BCUT2D eigenvalue weighted by Gasteiger charge is -2.22. The lowest BCUT2D eigenvalue weighted by atomic mass is 10.1. The topological polar surface area (TPSA) is 85.3 Å². The number of carboxylic acids is 1. The van der Waals surface area contributed by atoms with E-state index in [-0.39, 0.29) is 26.1 Å². The maximum atomic E-state index is 12.3. The molecule has 0 heterocycles. The molecule has 0 radical (unpaired) electrons. The van der Waals surface area contributed by atoms with Crippen molar-refractivity contribution in [2.75, 3.05) is 32.9 Å². The van der Waals surface area contributed by atoms with Crippen LogP contribution in [0.2, 0.25) is 0 Å². The summed E-state index contributed by atoms with van der Waals surface area (Å²) < 4.78 is 52.0. The Balaban J connectivity index is 2.57. The molecule has 0 saturated heterocycles. The van der Waals surface area contributed by atoms with Crippen LogP contribution in [-0.4, -0.2) is 67.3 Å². The third-order valence-electron chi connectivity index (χ3n) is 4.27. The monoisotopic (exact) mass is 449 g/mol. The van der Waals surface area contributed by atoms with Gasteiger partial charge in [-0.05, 0) is 31.0 Å². The molecular formula is C21H30F3NO6. The molecule has 1 unspecified atom stereocenters.